The predicted octanol–water partition coefficient (Wildman–Crippen LogP) is 4.27. The second-order valence-electron chi connectivity index (χ2n) is 9.69. The molecule has 0 bridgehead atoms. The Labute approximate surface area is 190 Å². The van der Waals surface area contributed by atoms with Gasteiger partial charge in [0.05, 0.1) is 30.1 Å². The van der Waals surface area contributed by atoms with Crippen molar-refractivity contribution in [3.63, 3.8) is 0 Å². The molecule has 0 aromatic heterocycles. The summed E-state index contributed by atoms with van der Waals surface area (Å²) in [5.74, 6) is -1.54. The molecule has 7 heteroatoms. The molecule has 0 radical (unpaired) electrons. The average Bonchev–Trinajstić information content (AvgIpc) is 3.10. The number of rotatable bonds is 2. The molecule has 4 aliphatic rings. The number of carbonyl (C=O) groups excluding carboxylic acids is 2. The van der Waals surface area contributed by atoms with Crippen molar-refractivity contribution in [3.8, 4) is 0 Å². The summed E-state index contributed by atoms with van der Waals surface area (Å²) in [7, 11) is 0. The highest BCUT2D eigenvalue weighted by atomic mass is 79.9. The number of halogens is 1. The quantitative estimate of drug-likeness (QED) is 0.455. The number of carbonyl (C=O) groups is 2. The molecular weight excluding hydrogens is 464 g/mol. The van der Waals surface area contributed by atoms with Gasteiger partial charge in [-0.25, -0.2) is 4.79 Å². The summed E-state index contributed by atoms with van der Waals surface area (Å²) in [5, 5.41) is 0. The number of hydrogen-bond acceptors (Lipinski definition) is 6. The molecule has 0 N–H and O–H groups in total. The third-order valence-corrected chi connectivity index (χ3v) is 8.11. The molecule has 1 aromatic rings. The van der Waals surface area contributed by atoms with E-state index in [1.165, 1.54) is 0 Å². The van der Waals surface area contributed by atoms with E-state index in [2.05, 4.69) is 28.1 Å². The Bertz CT molecular complexity index is 913. The van der Waals surface area contributed by atoms with Crippen LogP contribution in [0.1, 0.15) is 43.5 Å². The number of cyclic esters (lactones) is 1. The van der Waals surface area contributed by atoms with Crippen LogP contribution < -0.4 is 0 Å². The summed E-state index contributed by atoms with van der Waals surface area (Å²) in [4.78, 5) is 25.7. The second kappa shape index (κ2) is 7.42. The average molecular weight is 491 g/mol. The SMILES string of the molecule is CC1(C)OCC2(CC[C@@H](OC(=O)c3ccc(Br)cc3)[C@@]34COC(=O)[C@@H]3CC=C[C@H]24)CO1. The van der Waals surface area contributed by atoms with E-state index < -0.39 is 17.3 Å². The van der Waals surface area contributed by atoms with Gasteiger partial charge in [0, 0.05) is 15.8 Å². The van der Waals surface area contributed by atoms with Crippen LogP contribution >= 0.6 is 15.9 Å². The number of fused-ring (bicyclic) bond motifs is 1. The fraction of sp³-hybridized carbons (Fsp3) is 0.583. The minimum Gasteiger partial charge on any atom is -0.465 e. The standard InChI is InChI=1S/C24H27BrO6/c1-22(2)29-12-23(13-30-22)11-10-19(31-20(26)15-6-8-16(25)9-7-15)24-14-28-21(27)17(24)4-3-5-18(23)24/h3,5-9,17-19H,4,10-14H2,1-2H3/t17-,18+,19+,24-/m0/s1. The normalized spacial score (nSPS) is 35.2. The maximum atomic E-state index is 13.0. The largest absolute Gasteiger partial charge is 0.465 e. The lowest BCUT2D eigenvalue weighted by Gasteiger charge is -2.59. The molecule has 1 saturated carbocycles. The highest BCUT2D eigenvalue weighted by Gasteiger charge is 2.68. The zero-order valence-electron chi connectivity index (χ0n) is 17.8. The Morgan fingerprint density at radius 2 is 1.84 bits per heavy atom. The van der Waals surface area contributed by atoms with Crippen molar-refractivity contribution in [1.82, 2.24) is 0 Å². The summed E-state index contributed by atoms with van der Waals surface area (Å²) in [6.07, 6.45) is 5.89. The van der Waals surface area contributed by atoms with Crippen molar-refractivity contribution < 1.29 is 28.5 Å². The Morgan fingerprint density at radius 1 is 1.13 bits per heavy atom. The lowest BCUT2D eigenvalue weighted by molar-refractivity contribution is -0.310. The Kier molecular flexibility index (Phi) is 5.07. The predicted molar refractivity (Wildman–Crippen MR) is 115 cm³/mol. The van der Waals surface area contributed by atoms with E-state index in [1.54, 1.807) is 12.1 Å². The molecule has 0 unspecified atom stereocenters. The van der Waals surface area contributed by atoms with Gasteiger partial charge in [-0.2, -0.15) is 0 Å². The summed E-state index contributed by atoms with van der Waals surface area (Å²) < 4.78 is 24.8. The molecule has 2 aliphatic heterocycles. The summed E-state index contributed by atoms with van der Waals surface area (Å²) in [6, 6.07) is 7.12. The fourth-order valence-corrected chi connectivity index (χ4v) is 6.16. The smallest absolute Gasteiger partial charge is 0.338 e. The van der Waals surface area contributed by atoms with Crippen molar-refractivity contribution in [2.75, 3.05) is 19.8 Å². The minimum absolute atomic E-state index is 0.0298. The van der Waals surface area contributed by atoms with Crippen molar-refractivity contribution in [2.24, 2.45) is 22.7 Å². The molecule has 2 aliphatic carbocycles. The molecule has 5 rings (SSSR count). The van der Waals surface area contributed by atoms with Crippen LogP contribution in [0.5, 0.6) is 0 Å². The third-order valence-electron chi connectivity index (χ3n) is 7.58. The van der Waals surface area contributed by atoms with Gasteiger partial charge >= 0.3 is 11.9 Å². The number of allylic oxidation sites excluding steroid dienone is 2. The topological polar surface area (TPSA) is 71.1 Å². The van der Waals surface area contributed by atoms with Gasteiger partial charge in [0.15, 0.2) is 5.79 Å². The minimum atomic E-state index is -0.622. The van der Waals surface area contributed by atoms with Crippen molar-refractivity contribution in [2.45, 2.75) is 45.0 Å². The molecule has 4 atom stereocenters. The summed E-state index contributed by atoms with van der Waals surface area (Å²) in [5.41, 5.74) is -0.363. The molecule has 2 spiro atoms. The maximum absolute atomic E-state index is 13.0. The molecular formula is C24H27BrO6. The van der Waals surface area contributed by atoms with Gasteiger partial charge in [-0.3, -0.25) is 4.79 Å². The van der Waals surface area contributed by atoms with Gasteiger partial charge in [0.1, 0.15) is 12.7 Å². The van der Waals surface area contributed by atoms with Crippen LogP contribution in [0, 0.1) is 22.7 Å². The highest BCUT2D eigenvalue weighted by molar-refractivity contribution is 9.10. The zero-order valence-corrected chi connectivity index (χ0v) is 19.4. The molecule has 3 fully saturated rings. The van der Waals surface area contributed by atoms with Gasteiger partial charge in [0.2, 0.25) is 0 Å². The van der Waals surface area contributed by atoms with E-state index in [4.69, 9.17) is 18.9 Å². The third kappa shape index (κ3) is 3.36. The van der Waals surface area contributed by atoms with Gasteiger partial charge in [-0.05, 0) is 57.4 Å². The molecule has 2 saturated heterocycles. The van der Waals surface area contributed by atoms with Crippen molar-refractivity contribution in [3.05, 3.63) is 46.5 Å². The Morgan fingerprint density at radius 3 is 2.55 bits per heavy atom. The fourth-order valence-electron chi connectivity index (χ4n) is 5.90. The van der Waals surface area contributed by atoms with Gasteiger partial charge in [-0.15, -0.1) is 0 Å². The summed E-state index contributed by atoms with van der Waals surface area (Å²) in [6.45, 7) is 5.19. The van der Waals surface area contributed by atoms with Crippen LogP contribution in [-0.2, 0) is 23.7 Å². The Hall–Kier alpha value is -1.70. The van der Waals surface area contributed by atoms with E-state index in [-0.39, 0.29) is 35.8 Å². The van der Waals surface area contributed by atoms with E-state index in [0.717, 1.165) is 10.9 Å². The van der Waals surface area contributed by atoms with Gasteiger partial charge < -0.3 is 18.9 Å². The van der Waals surface area contributed by atoms with Gasteiger partial charge in [0.25, 0.3) is 0 Å². The first-order valence-corrected chi connectivity index (χ1v) is 11.6. The first-order valence-electron chi connectivity index (χ1n) is 10.8. The lowest BCUT2D eigenvalue weighted by atomic mass is 9.48. The van der Waals surface area contributed by atoms with Gasteiger partial charge in [-0.1, -0.05) is 28.1 Å². The van der Waals surface area contributed by atoms with Crippen LogP contribution in [-0.4, -0.2) is 43.7 Å². The molecule has 166 valence electrons. The first-order chi connectivity index (χ1) is 14.8. The van der Waals surface area contributed by atoms with Crippen LogP contribution in [0.3, 0.4) is 0 Å². The first kappa shape index (κ1) is 21.2. The number of ether oxygens (including phenoxy) is 4. The van der Waals surface area contributed by atoms with Crippen LogP contribution in [0.15, 0.2) is 40.9 Å². The van der Waals surface area contributed by atoms with E-state index in [0.29, 0.717) is 31.6 Å². The van der Waals surface area contributed by atoms with E-state index in [9.17, 15) is 9.59 Å². The van der Waals surface area contributed by atoms with Crippen LogP contribution in [0.2, 0.25) is 0 Å². The zero-order chi connectivity index (χ0) is 21.9. The Balaban J connectivity index is 1.48. The highest BCUT2D eigenvalue weighted by Crippen LogP contribution is 2.62. The number of hydrogen-bond donors (Lipinski definition) is 0. The van der Waals surface area contributed by atoms with Crippen LogP contribution in [0.25, 0.3) is 0 Å². The molecule has 31 heavy (non-hydrogen) atoms. The second-order valence-corrected chi connectivity index (χ2v) is 10.6. The summed E-state index contributed by atoms with van der Waals surface area (Å²) >= 11 is 3.39. The number of esters is 2. The van der Waals surface area contributed by atoms with Crippen molar-refractivity contribution >= 4 is 27.9 Å². The van der Waals surface area contributed by atoms with E-state index in [1.807, 2.05) is 26.0 Å². The molecule has 0 amide bonds. The maximum Gasteiger partial charge on any atom is 0.338 e. The monoisotopic (exact) mass is 490 g/mol. The molecule has 2 heterocycles. The van der Waals surface area contributed by atoms with Crippen molar-refractivity contribution in [1.29, 1.82) is 0 Å². The molecule has 1 aromatic carbocycles. The lowest BCUT2D eigenvalue weighted by Crippen LogP contribution is -2.63. The van der Waals surface area contributed by atoms with E-state index >= 15 is 0 Å². The molecule has 6 nitrogen and oxygen atoms in total. The number of benzene rings is 1. The van der Waals surface area contributed by atoms with Crippen LogP contribution in [0.4, 0.5) is 0 Å².